The van der Waals surface area contributed by atoms with E-state index in [2.05, 4.69) is 27.7 Å². The Morgan fingerprint density at radius 2 is 0.427 bits per heavy atom. The van der Waals surface area contributed by atoms with Crippen molar-refractivity contribution in [2.24, 2.45) is 0 Å². The summed E-state index contributed by atoms with van der Waals surface area (Å²) in [5.41, 5.74) is 0. The predicted molar refractivity (Wildman–Crippen MR) is 378 cm³/mol. The molecule has 0 spiro atoms. The molecule has 0 heterocycles. The second-order valence-corrected chi connectivity index (χ2v) is 26.7. The van der Waals surface area contributed by atoms with E-state index in [-0.39, 0.29) is 44.3 Å². The van der Waals surface area contributed by atoms with E-state index in [9.17, 15) is 19.2 Å². The molecule has 0 atom stereocenters. The fourth-order valence-electron chi connectivity index (χ4n) is 11.5. The van der Waals surface area contributed by atoms with Crippen molar-refractivity contribution >= 4 is 23.9 Å². The van der Waals surface area contributed by atoms with Gasteiger partial charge < -0.3 is 34.6 Å². The summed E-state index contributed by atoms with van der Waals surface area (Å²) >= 11 is 0. The molecule has 0 rings (SSSR count). The summed E-state index contributed by atoms with van der Waals surface area (Å²) in [7, 11) is 0. The summed E-state index contributed by atoms with van der Waals surface area (Å²) in [6, 6.07) is 0. The Morgan fingerprint density at radius 1 is 0.258 bits per heavy atom. The van der Waals surface area contributed by atoms with Crippen molar-refractivity contribution in [2.45, 2.75) is 451 Å². The van der Waals surface area contributed by atoms with E-state index >= 15 is 0 Å². The molecule has 0 aliphatic rings. The number of carbonyl (C=O) groups excluding carboxylic acids is 3. The standard InChI is InChI=1S/C57H110O6.C18H36O2.C3H8O3/c1-4-7-10-13-16-19-22-25-28-31-34-37-40-43-46-49-55(58)61-52-54(63-57(60)51-48-45-42-39-36-33-30-27-24-21-18-15-12-9-6-3)53-62-56(59)50-47-44-41-38-35-32-29-26-23-20-17-14-11-8-5-2;1-2-3-4-5-6-7-8-9-10-11-12-13-14-15-16-17-18(19)20;4-1-3(6)2-5/h54H,4-53H2,1-3H3;2-17H2,1H3,(H,19,20);3-6H,1-2H2. The zero-order valence-electron chi connectivity index (χ0n) is 59.9. The predicted octanol–water partition coefficient (Wildman–Crippen LogP) is 23.4. The van der Waals surface area contributed by atoms with Crippen LogP contribution in [0, 0.1) is 0 Å². The minimum Gasteiger partial charge on any atom is -0.481 e. The van der Waals surface area contributed by atoms with Gasteiger partial charge in [0.2, 0.25) is 0 Å². The maximum atomic E-state index is 12.8. The fraction of sp³-hybridized carbons (Fsp3) is 0.949. The molecule has 0 unspecified atom stereocenters. The van der Waals surface area contributed by atoms with Gasteiger partial charge in [0.25, 0.3) is 0 Å². The number of carboxylic acids is 1. The Hall–Kier alpha value is -2.24. The molecule has 0 amide bonds. The number of esters is 3. The first-order valence-electron chi connectivity index (χ1n) is 39.2. The maximum Gasteiger partial charge on any atom is 0.306 e. The van der Waals surface area contributed by atoms with Gasteiger partial charge in [-0.05, 0) is 25.7 Å². The van der Waals surface area contributed by atoms with Gasteiger partial charge in [0.05, 0.1) is 13.2 Å². The Labute approximate surface area is 552 Å². The normalized spacial score (nSPS) is 11.2. The smallest absolute Gasteiger partial charge is 0.306 e. The molecule has 89 heavy (non-hydrogen) atoms. The minimum absolute atomic E-state index is 0.0611. The lowest BCUT2D eigenvalue weighted by Gasteiger charge is -2.18. The SMILES string of the molecule is CCCCCCCCCCCCCCCCCC(=O)O.CCCCCCCCCCCCCCCCCC(=O)OCC(COC(=O)CCCCCCCCCCCCCCCCC)OC(=O)CCCCCCCCCCCCCCCCC.OCC(O)CO. The molecule has 11 heteroatoms. The van der Waals surface area contributed by atoms with E-state index < -0.39 is 18.2 Å². The Balaban J connectivity index is -0.00000234. The zero-order chi connectivity index (χ0) is 65.7. The molecule has 4 N–H and O–H groups in total. The fourth-order valence-corrected chi connectivity index (χ4v) is 11.5. The van der Waals surface area contributed by atoms with Crippen molar-refractivity contribution in [3.8, 4) is 0 Å². The largest absolute Gasteiger partial charge is 0.481 e. The van der Waals surface area contributed by atoms with E-state index in [1.54, 1.807) is 0 Å². The van der Waals surface area contributed by atoms with Gasteiger partial charge in [-0.25, -0.2) is 0 Å². The number of aliphatic carboxylic acids is 1. The van der Waals surface area contributed by atoms with Crippen LogP contribution in [0.5, 0.6) is 0 Å². The maximum absolute atomic E-state index is 12.8. The minimum atomic E-state index is -0.954. The van der Waals surface area contributed by atoms with Gasteiger partial charge in [0.1, 0.15) is 19.3 Å². The molecule has 0 fully saturated rings. The third kappa shape index (κ3) is 85.8. The van der Waals surface area contributed by atoms with Crippen LogP contribution in [0.1, 0.15) is 439 Å². The molecule has 0 aromatic rings. The van der Waals surface area contributed by atoms with E-state index in [1.165, 1.54) is 315 Å². The van der Waals surface area contributed by atoms with Crippen LogP contribution in [-0.4, -0.2) is 82.9 Å². The van der Waals surface area contributed by atoms with E-state index in [4.69, 9.17) is 34.6 Å². The summed E-state index contributed by atoms with van der Waals surface area (Å²) in [4.78, 5) is 48.4. The van der Waals surface area contributed by atoms with Crippen LogP contribution < -0.4 is 0 Å². The second kappa shape index (κ2) is 81.9. The van der Waals surface area contributed by atoms with Gasteiger partial charge in [0.15, 0.2) is 6.10 Å². The first-order chi connectivity index (χ1) is 43.6. The third-order valence-electron chi connectivity index (χ3n) is 17.5. The topological polar surface area (TPSA) is 177 Å². The summed E-state index contributed by atoms with van der Waals surface area (Å²) in [5, 5.41) is 32.5. The van der Waals surface area contributed by atoms with Crippen LogP contribution in [0.3, 0.4) is 0 Å². The molecule has 0 aliphatic carbocycles. The Morgan fingerprint density at radius 3 is 0.596 bits per heavy atom. The van der Waals surface area contributed by atoms with Crippen LogP contribution in [0.25, 0.3) is 0 Å². The number of aliphatic hydroxyl groups is 3. The number of carbonyl (C=O) groups is 4. The number of hydrogen-bond acceptors (Lipinski definition) is 10. The summed E-state index contributed by atoms with van der Waals surface area (Å²) in [6.45, 7) is 8.25. The monoisotopic (exact) mass is 1270 g/mol. The van der Waals surface area contributed by atoms with Gasteiger partial charge in [0, 0.05) is 25.7 Å². The highest BCUT2D eigenvalue weighted by atomic mass is 16.6. The average Bonchev–Trinajstić information content (AvgIpc) is 3.57. The molecular formula is C78H154O11. The highest BCUT2D eigenvalue weighted by molar-refractivity contribution is 5.71. The van der Waals surface area contributed by atoms with Crippen LogP contribution in [0.2, 0.25) is 0 Å². The number of carboxylic acid groups (broad SMARTS) is 1. The van der Waals surface area contributed by atoms with E-state index in [0.29, 0.717) is 25.7 Å². The first-order valence-corrected chi connectivity index (χ1v) is 39.2. The molecule has 0 saturated carbocycles. The molecule has 11 nitrogen and oxygen atoms in total. The van der Waals surface area contributed by atoms with Gasteiger partial charge in [-0.3, -0.25) is 19.2 Å². The molecule has 0 aromatic carbocycles. The third-order valence-corrected chi connectivity index (χ3v) is 17.5. The van der Waals surface area contributed by atoms with Crippen molar-refractivity contribution < 1.29 is 53.8 Å². The first kappa shape index (κ1) is 91.0. The van der Waals surface area contributed by atoms with Crippen molar-refractivity contribution in [1.29, 1.82) is 0 Å². The lowest BCUT2D eigenvalue weighted by Crippen LogP contribution is -2.30. The van der Waals surface area contributed by atoms with Crippen molar-refractivity contribution in [2.75, 3.05) is 26.4 Å². The highest BCUT2D eigenvalue weighted by Gasteiger charge is 2.20. The molecule has 0 saturated heterocycles. The van der Waals surface area contributed by atoms with Crippen LogP contribution >= 0.6 is 0 Å². The Bertz CT molecular complexity index is 1320. The molecular weight excluding hydrogens is 1110 g/mol. The van der Waals surface area contributed by atoms with Crippen molar-refractivity contribution in [1.82, 2.24) is 0 Å². The highest BCUT2D eigenvalue weighted by Crippen LogP contribution is 2.19. The number of rotatable bonds is 71. The quantitative estimate of drug-likeness (QED) is 0.0259. The molecule has 532 valence electrons. The lowest BCUT2D eigenvalue weighted by molar-refractivity contribution is -0.167. The number of hydrogen-bond donors (Lipinski definition) is 4. The van der Waals surface area contributed by atoms with Crippen molar-refractivity contribution in [3.05, 3.63) is 0 Å². The van der Waals surface area contributed by atoms with E-state index in [0.717, 1.165) is 70.6 Å². The summed E-state index contributed by atoms with van der Waals surface area (Å²) in [5.74, 6) is -1.49. The number of aliphatic hydroxyl groups excluding tert-OH is 3. The summed E-state index contributed by atoms with van der Waals surface area (Å²) in [6.07, 6.45) is 77.2. The van der Waals surface area contributed by atoms with Crippen molar-refractivity contribution in [3.63, 3.8) is 0 Å². The molecule has 0 radical (unpaired) electrons. The Kier molecular flexibility index (Phi) is 83.6. The number of ether oxygens (including phenoxy) is 3. The van der Waals surface area contributed by atoms with Crippen LogP contribution in [0.15, 0.2) is 0 Å². The average molecular weight is 1270 g/mol. The zero-order valence-corrected chi connectivity index (χ0v) is 59.9. The summed E-state index contributed by atoms with van der Waals surface area (Å²) < 4.78 is 16.9. The molecule has 0 aromatic heterocycles. The van der Waals surface area contributed by atoms with Crippen LogP contribution in [0.4, 0.5) is 0 Å². The van der Waals surface area contributed by atoms with Gasteiger partial charge in [-0.15, -0.1) is 0 Å². The van der Waals surface area contributed by atoms with Crippen LogP contribution in [-0.2, 0) is 33.4 Å². The number of unbranched alkanes of at least 4 members (excludes halogenated alkanes) is 56. The lowest BCUT2D eigenvalue weighted by atomic mass is 10.0. The molecule has 0 bridgehead atoms. The molecule has 0 aliphatic heterocycles. The second-order valence-electron chi connectivity index (χ2n) is 26.7. The van der Waals surface area contributed by atoms with Gasteiger partial charge in [-0.1, -0.05) is 387 Å². The van der Waals surface area contributed by atoms with Gasteiger partial charge in [-0.2, -0.15) is 0 Å². The van der Waals surface area contributed by atoms with E-state index in [1.807, 2.05) is 0 Å². The van der Waals surface area contributed by atoms with Gasteiger partial charge >= 0.3 is 23.9 Å².